The van der Waals surface area contributed by atoms with Crippen LogP contribution < -0.4 is 22.9 Å². The summed E-state index contributed by atoms with van der Waals surface area (Å²) in [6.07, 6.45) is -4.67. The summed E-state index contributed by atoms with van der Waals surface area (Å²) in [4.78, 5) is 83.2. The number of nitrogens with zero attached hydrogens (tertiary/aromatic N) is 16. The third-order valence-corrected chi connectivity index (χ3v) is 16.8. The molecule has 0 saturated carbocycles. The second kappa shape index (κ2) is 21.7. The van der Waals surface area contributed by atoms with E-state index in [1.807, 2.05) is 0 Å². The quantitative estimate of drug-likeness (QED) is 0.0442. The van der Waals surface area contributed by atoms with E-state index in [0.717, 1.165) is 0 Å². The van der Waals surface area contributed by atoms with E-state index in [-0.39, 0.29) is 76.8 Å². The van der Waals surface area contributed by atoms with Crippen LogP contribution in [0.1, 0.15) is 50.6 Å². The molecule has 0 amide bonds. The molecule has 3 unspecified atom stereocenters. The Bertz CT molecular complexity index is 3780. The molecule has 0 spiro atoms. The lowest BCUT2D eigenvalue weighted by Gasteiger charge is -2.25. The van der Waals surface area contributed by atoms with E-state index in [4.69, 9.17) is 69.0 Å². The Kier molecular flexibility index (Phi) is 14.7. The first-order valence-electron chi connectivity index (χ1n) is 24.4. The van der Waals surface area contributed by atoms with Crippen LogP contribution in [0, 0.1) is 0 Å². The minimum absolute atomic E-state index is 0.0129. The average Bonchev–Trinajstić information content (AvgIpc) is 4.44. The Morgan fingerprint density at radius 1 is 0.444 bits per heavy atom. The molecular weight excluding hydrogens is 1140 g/mol. The van der Waals surface area contributed by atoms with Crippen molar-refractivity contribution in [2.45, 2.75) is 99.4 Å². The molecule has 12 rings (SSSR count). The van der Waals surface area contributed by atoms with Crippen LogP contribution in [0.15, 0.2) is 50.6 Å². The summed E-state index contributed by atoms with van der Waals surface area (Å²) in [5.41, 5.74) is 25.9. The SMILES string of the molecule is Nc1ncnc2c1ncn2[C@H]1C[C@H](OP(=O)(O)OC[C@H]2O[C@@H](n3cnc4c(N)ncnc43)C[C@@H]2OP(=O)(O)OC[C@H]2O[C@@H](n3cnc4c(N)ncnc43)C[C@@H]2OP(=O)(O)OC[C@H]2O[C@@H](n3cnc4c(N)ncnc43)C[C@@H]2O)[C@@H](CO)O1. The van der Waals surface area contributed by atoms with Crippen molar-refractivity contribution in [2.24, 2.45) is 0 Å². The summed E-state index contributed by atoms with van der Waals surface area (Å²) in [6.45, 7) is -2.93. The highest BCUT2D eigenvalue weighted by molar-refractivity contribution is 7.48. The molecule has 4 saturated heterocycles. The van der Waals surface area contributed by atoms with Crippen molar-refractivity contribution >= 4 is 91.4 Å². The van der Waals surface area contributed by atoms with Crippen molar-refractivity contribution in [1.29, 1.82) is 0 Å². The van der Waals surface area contributed by atoms with Gasteiger partial charge in [-0.25, -0.2) is 73.5 Å². The molecule has 38 nitrogen and oxygen atoms in total. The van der Waals surface area contributed by atoms with Crippen molar-refractivity contribution < 1.29 is 84.7 Å². The van der Waals surface area contributed by atoms with Crippen molar-refractivity contribution in [1.82, 2.24) is 78.1 Å². The number of imidazole rings is 4. The van der Waals surface area contributed by atoms with Crippen molar-refractivity contribution in [3.05, 3.63) is 50.6 Å². The molecule has 15 atom stereocenters. The number of rotatable bonds is 20. The number of hydrogen-bond donors (Lipinski definition) is 9. The number of anilines is 4. The molecular formula is C40H49N20O18P3. The average molecular weight is 1190 g/mol. The second-order valence-corrected chi connectivity index (χ2v) is 23.0. The summed E-state index contributed by atoms with van der Waals surface area (Å²) in [5, 5.41) is 21.1. The van der Waals surface area contributed by atoms with Crippen LogP contribution in [0.4, 0.5) is 23.3 Å². The number of phosphoric acid groups is 3. The first-order chi connectivity index (χ1) is 38.8. The molecule has 0 aromatic carbocycles. The minimum Gasteiger partial charge on any atom is -0.394 e. The van der Waals surface area contributed by atoms with Gasteiger partial charge in [0.15, 0.2) is 45.9 Å². The van der Waals surface area contributed by atoms with E-state index >= 15 is 0 Å². The number of ether oxygens (including phenoxy) is 4. The Balaban J connectivity index is 0.736. The molecule has 4 fully saturated rings. The van der Waals surface area contributed by atoms with Gasteiger partial charge in [-0.05, 0) is 0 Å². The predicted octanol–water partition coefficient (Wildman–Crippen LogP) is -0.315. The first kappa shape index (κ1) is 55.0. The van der Waals surface area contributed by atoms with Gasteiger partial charge in [-0.15, -0.1) is 0 Å². The maximum absolute atomic E-state index is 14.1. The summed E-state index contributed by atoms with van der Waals surface area (Å²) in [7, 11) is -15.5. The Morgan fingerprint density at radius 2 is 0.728 bits per heavy atom. The number of nitrogen functional groups attached to an aromatic ring is 4. The normalized spacial score (nSPS) is 29.3. The fourth-order valence-electron chi connectivity index (χ4n) is 9.88. The summed E-state index contributed by atoms with van der Waals surface area (Å²) in [6, 6.07) is 0. The van der Waals surface area contributed by atoms with Gasteiger partial charge in [0, 0.05) is 25.7 Å². The maximum Gasteiger partial charge on any atom is 0.472 e. The monoisotopic (exact) mass is 1190 g/mol. The van der Waals surface area contributed by atoms with Gasteiger partial charge in [0.25, 0.3) is 0 Å². The van der Waals surface area contributed by atoms with Crippen LogP contribution >= 0.6 is 23.5 Å². The third kappa shape index (κ3) is 11.0. The van der Waals surface area contributed by atoms with E-state index in [1.54, 1.807) is 0 Å². The van der Waals surface area contributed by atoms with E-state index in [2.05, 4.69) is 59.8 Å². The maximum atomic E-state index is 14.1. The second-order valence-electron chi connectivity index (χ2n) is 18.8. The summed E-state index contributed by atoms with van der Waals surface area (Å²) < 4.78 is 105. The van der Waals surface area contributed by atoms with Gasteiger partial charge in [-0.2, -0.15) is 0 Å². The Morgan fingerprint density at radius 3 is 1.06 bits per heavy atom. The molecule has 8 aromatic rings. The molecule has 0 aliphatic carbocycles. The molecule has 12 heterocycles. The highest BCUT2D eigenvalue weighted by Gasteiger charge is 2.48. The van der Waals surface area contributed by atoms with Gasteiger partial charge < -0.3 is 66.8 Å². The largest absolute Gasteiger partial charge is 0.472 e. The number of aromatic nitrogens is 16. The molecule has 41 heteroatoms. The first-order valence-corrected chi connectivity index (χ1v) is 28.9. The predicted molar refractivity (Wildman–Crippen MR) is 268 cm³/mol. The third-order valence-electron chi connectivity index (χ3n) is 13.7. The number of nitrogens with two attached hydrogens (primary N) is 4. The number of hydrogen-bond acceptors (Lipinski definition) is 31. The number of fused-ring (bicyclic) bond motifs is 4. The van der Waals surface area contributed by atoms with Gasteiger partial charge in [0.1, 0.15) is 115 Å². The van der Waals surface area contributed by atoms with E-state index in [0.29, 0.717) is 16.8 Å². The van der Waals surface area contributed by atoms with Gasteiger partial charge in [-0.3, -0.25) is 45.4 Å². The van der Waals surface area contributed by atoms with Crippen LogP contribution in [0.5, 0.6) is 0 Å². The lowest BCUT2D eigenvalue weighted by Crippen LogP contribution is -2.31. The topological polar surface area (TPSA) is 523 Å². The summed E-state index contributed by atoms with van der Waals surface area (Å²) in [5.74, 6) is 0.304. The summed E-state index contributed by atoms with van der Waals surface area (Å²) >= 11 is 0. The Hall–Kier alpha value is -6.51. The highest BCUT2D eigenvalue weighted by Crippen LogP contribution is 2.54. The molecule has 13 N–H and O–H groups in total. The van der Waals surface area contributed by atoms with Gasteiger partial charge in [0.2, 0.25) is 0 Å². The van der Waals surface area contributed by atoms with Gasteiger partial charge >= 0.3 is 23.5 Å². The standard InChI is InChI=1S/C40H49N20O18P3/c41-33-29-37(49-9-45-33)57(13-53-29)25-1-17(62)22(73-25)6-69-79(63,64)77-19-3-27(59-15-55-31-35(43)47-11-51-39(31)59)75-24(19)8-71-81(67,68)78-20-4-28(60-16-56-32-36(44)48-12-52-40(32)60)74-23(20)7-70-80(65,66)76-18-2-26(72-21(18)5-61)58-14-54-30-34(42)46-10-50-38(30)58/h9-28,61-62H,1-8H2,(H,63,64)(H,65,66)(H,67,68)(H2,41,45,49)(H2,42,46,50)(H2,43,47,51)(H2,44,48,52)/t17-,18-,19-,20-,21+,22+,23+,24+,25+,26+,27+,28+/m0/s1. The highest BCUT2D eigenvalue weighted by atomic mass is 31.2. The van der Waals surface area contributed by atoms with Crippen LogP contribution in [-0.4, -0.2) is 178 Å². The van der Waals surface area contributed by atoms with Crippen LogP contribution in [0.3, 0.4) is 0 Å². The lowest BCUT2D eigenvalue weighted by atomic mass is 10.2. The smallest absolute Gasteiger partial charge is 0.394 e. The van der Waals surface area contributed by atoms with Gasteiger partial charge in [-0.1, -0.05) is 0 Å². The van der Waals surface area contributed by atoms with Crippen molar-refractivity contribution in [3.8, 4) is 0 Å². The van der Waals surface area contributed by atoms with E-state index in [1.165, 1.54) is 68.9 Å². The fraction of sp³-hybridized carbons (Fsp3) is 0.500. The molecule has 0 bridgehead atoms. The molecule has 8 aromatic heterocycles. The fourth-order valence-corrected chi connectivity index (χ4v) is 12.8. The zero-order valence-corrected chi connectivity index (χ0v) is 44.2. The Labute approximate surface area is 452 Å². The molecule has 4 aliphatic rings. The zero-order valence-electron chi connectivity index (χ0n) is 41.6. The number of aliphatic hydroxyl groups excluding tert-OH is 2. The van der Waals surface area contributed by atoms with Crippen LogP contribution in [0.25, 0.3) is 44.7 Å². The van der Waals surface area contributed by atoms with Crippen LogP contribution in [0.2, 0.25) is 0 Å². The molecule has 4 aliphatic heterocycles. The van der Waals surface area contributed by atoms with Gasteiger partial charge in [0.05, 0.1) is 57.8 Å². The van der Waals surface area contributed by atoms with E-state index in [9.17, 15) is 38.6 Å². The zero-order chi connectivity index (χ0) is 56.5. The van der Waals surface area contributed by atoms with Crippen LogP contribution in [-0.2, 0) is 59.8 Å². The van der Waals surface area contributed by atoms with Crippen molar-refractivity contribution in [3.63, 3.8) is 0 Å². The molecule has 0 radical (unpaired) electrons. The lowest BCUT2D eigenvalue weighted by molar-refractivity contribution is -0.0620. The van der Waals surface area contributed by atoms with E-state index < -0.39 is 124 Å². The van der Waals surface area contributed by atoms with Crippen molar-refractivity contribution in [2.75, 3.05) is 49.4 Å². The molecule has 432 valence electrons. The number of aliphatic hydroxyl groups is 2. The molecule has 81 heavy (non-hydrogen) atoms. The number of phosphoric ester groups is 3. The minimum atomic E-state index is -5.28.